The average Bonchev–Trinajstić information content (AvgIpc) is 3.41. The molecule has 1 saturated carbocycles. The summed E-state index contributed by atoms with van der Waals surface area (Å²) in [6, 6.07) is 7.61. The van der Waals surface area contributed by atoms with E-state index in [9.17, 15) is 9.59 Å². The fourth-order valence-corrected chi connectivity index (χ4v) is 3.01. The monoisotopic (exact) mass is 316 g/mol. The van der Waals surface area contributed by atoms with Crippen molar-refractivity contribution in [3.05, 3.63) is 29.8 Å². The zero-order valence-corrected chi connectivity index (χ0v) is 13.7. The van der Waals surface area contributed by atoms with E-state index in [4.69, 9.17) is 4.74 Å². The maximum absolute atomic E-state index is 12.5. The lowest BCUT2D eigenvalue weighted by atomic mass is 10.1. The predicted octanol–water partition coefficient (Wildman–Crippen LogP) is 1.71. The Morgan fingerprint density at radius 3 is 2.35 bits per heavy atom. The maximum atomic E-state index is 12.5. The minimum Gasteiger partial charge on any atom is -0.497 e. The molecule has 2 aliphatic rings. The Kier molecular flexibility index (Phi) is 4.84. The van der Waals surface area contributed by atoms with Gasteiger partial charge in [0, 0.05) is 32.1 Å². The van der Waals surface area contributed by atoms with Gasteiger partial charge in [0.05, 0.1) is 13.5 Å². The van der Waals surface area contributed by atoms with Gasteiger partial charge in [-0.3, -0.25) is 9.59 Å². The molecule has 1 aromatic carbocycles. The van der Waals surface area contributed by atoms with E-state index in [0.29, 0.717) is 19.5 Å². The topological polar surface area (TPSA) is 49.9 Å². The van der Waals surface area contributed by atoms with Gasteiger partial charge in [-0.2, -0.15) is 0 Å². The molecular weight excluding hydrogens is 292 g/mol. The quantitative estimate of drug-likeness (QED) is 0.850. The molecule has 23 heavy (non-hydrogen) atoms. The number of benzene rings is 1. The molecule has 2 amide bonds. The summed E-state index contributed by atoms with van der Waals surface area (Å²) in [7, 11) is 1.63. The van der Waals surface area contributed by atoms with Crippen molar-refractivity contribution in [3.8, 4) is 5.75 Å². The second kappa shape index (κ2) is 7.02. The molecule has 124 valence electrons. The Morgan fingerprint density at radius 1 is 1.04 bits per heavy atom. The number of hydrogen-bond donors (Lipinski definition) is 0. The molecule has 0 unspecified atom stereocenters. The van der Waals surface area contributed by atoms with Crippen molar-refractivity contribution >= 4 is 11.8 Å². The Labute approximate surface area is 137 Å². The Hall–Kier alpha value is -2.04. The van der Waals surface area contributed by atoms with Crippen molar-refractivity contribution in [2.45, 2.75) is 25.7 Å². The summed E-state index contributed by atoms with van der Waals surface area (Å²) in [6.45, 7) is 2.84. The molecule has 0 atom stereocenters. The largest absolute Gasteiger partial charge is 0.497 e. The zero-order valence-electron chi connectivity index (χ0n) is 13.7. The molecule has 5 nitrogen and oxygen atoms in total. The van der Waals surface area contributed by atoms with Crippen molar-refractivity contribution in [1.82, 2.24) is 9.80 Å². The number of carbonyl (C=O) groups excluding carboxylic acids is 2. The van der Waals surface area contributed by atoms with E-state index in [-0.39, 0.29) is 17.7 Å². The van der Waals surface area contributed by atoms with Crippen LogP contribution in [0.5, 0.6) is 5.75 Å². The van der Waals surface area contributed by atoms with Crippen LogP contribution < -0.4 is 4.74 Å². The molecule has 1 heterocycles. The average molecular weight is 316 g/mol. The van der Waals surface area contributed by atoms with Crippen LogP contribution in [0.15, 0.2) is 24.3 Å². The molecule has 0 radical (unpaired) electrons. The predicted molar refractivity (Wildman–Crippen MR) is 87.2 cm³/mol. The van der Waals surface area contributed by atoms with Gasteiger partial charge in [-0.05, 0) is 37.0 Å². The highest BCUT2D eigenvalue weighted by atomic mass is 16.5. The molecule has 0 aromatic heterocycles. The highest BCUT2D eigenvalue weighted by Gasteiger charge is 2.34. The fourth-order valence-electron chi connectivity index (χ4n) is 3.01. The summed E-state index contributed by atoms with van der Waals surface area (Å²) in [5.74, 6) is 1.48. The van der Waals surface area contributed by atoms with Gasteiger partial charge in [0.1, 0.15) is 5.75 Å². The van der Waals surface area contributed by atoms with Crippen LogP contribution >= 0.6 is 0 Å². The van der Waals surface area contributed by atoms with Crippen LogP contribution in [0.1, 0.15) is 24.8 Å². The lowest BCUT2D eigenvalue weighted by molar-refractivity contribution is -0.134. The molecule has 0 N–H and O–H groups in total. The van der Waals surface area contributed by atoms with Crippen LogP contribution in [0, 0.1) is 5.92 Å². The third kappa shape index (κ3) is 4.03. The number of ether oxygens (including phenoxy) is 1. The van der Waals surface area contributed by atoms with Crippen LogP contribution in [0.3, 0.4) is 0 Å². The summed E-state index contributed by atoms with van der Waals surface area (Å²) < 4.78 is 5.13. The van der Waals surface area contributed by atoms with Crippen LogP contribution in [0.25, 0.3) is 0 Å². The van der Waals surface area contributed by atoms with Crippen LogP contribution in [0.2, 0.25) is 0 Å². The summed E-state index contributed by atoms with van der Waals surface area (Å²) >= 11 is 0. The number of methoxy groups -OCH3 is 1. The van der Waals surface area contributed by atoms with Gasteiger partial charge >= 0.3 is 0 Å². The number of hydrogen-bond acceptors (Lipinski definition) is 3. The molecule has 1 saturated heterocycles. The Morgan fingerprint density at radius 2 is 1.70 bits per heavy atom. The van der Waals surface area contributed by atoms with Gasteiger partial charge < -0.3 is 14.5 Å². The van der Waals surface area contributed by atoms with Crippen LogP contribution in [0.4, 0.5) is 0 Å². The van der Waals surface area contributed by atoms with Gasteiger partial charge in [0.25, 0.3) is 0 Å². The SMILES string of the molecule is COc1ccc(CC(=O)N2CCCN(C(=O)C3CC3)CC2)cc1. The zero-order chi connectivity index (χ0) is 16.2. The Balaban J connectivity index is 1.53. The van der Waals surface area contributed by atoms with Gasteiger partial charge in [-0.25, -0.2) is 0 Å². The minimum atomic E-state index is 0.135. The van der Waals surface area contributed by atoms with E-state index in [2.05, 4.69) is 0 Å². The van der Waals surface area contributed by atoms with Crippen molar-refractivity contribution in [2.75, 3.05) is 33.3 Å². The van der Waals surface area contributed by atoms with Gasteiger partial charge in [-0.15, -0.1) is 0 Å². The first-order valence-electron chi connectivity index (χ1n) is 8.37. The molecule has 1 aliphatic heterocycles. The lowest BCUT2D eigenvalue weighted by Crippen LogP contribution is -2.38. The van der Waals surface area contributed by atoms with Crippen molar-refractivity contribution in [3.63, 3.8) is 0 Å². The van der Waals surface area contributed by atoms with E-state index in [1.165, 1.54) is 0 Å². The molecule has 2 fully saturated rings. The van der Waals surface area contributed by atoms with Crippen molar-refractivity contribution in [2.24, 2.45) is 5.92 Å². The van der Waals surface area contributed by atoms with Crippen molar-refractivity contribution in [1.29, 1.82) is 0 Å². The number of nitrogens with zero attached hydrogens (tertiary/aromatic N) is 2. The highest BCUT2D eigenvalue weighted by molar-refractivity contribution is 5.81. The molecule has 5 heteroatoms. The smallest absolute Gasteiger partial charge is 0.227 e. The van der Waals surface area contributed by atoms with E-state index in [1.54, 1.807) is 7.11 Å². The number of amides is 2. The van der Waals surface area contributed by atoms with Gasteiger partial charge in [-0.1, -0.05) is 12.1 Å². The normalized spacial score (nSPS) is 18.5. The molecular formula is C18H24N2O3. The first kappa shape index (κ1) is 15.8. The summed E-state index contributed by atoms with van der Waals surface area (Å²) in [4.78, 5) is 28.5. The maximum Gasteiger partial charge on any atom is 0.227 e. The first-order chi connectivity index (χ1) is 11.2. The second-order valence-corrected chi connectivity index (χ2v) is 6.36. The molecule has 1 aliphatic carbocycles. The van der Waals surface area contributed by atoms with Crippen molar-refractivity contribution < 1.29 is 14.3 Å². The summed E-state index contributed by atoms with van der Waals surface area (Å²) in [6.07, 6.45) is 3.35. The fraction of sp³-hybridized carbons (Fsp3) is 0.556. The molecule has 0 spiro atoms. The number of rotatable bonds is 4. The van der Waals surface area contributed by atoms with Gasteiger partial charge in [0.15, 0.2) is 0 Å². The number of carbonyl (C=O) groups is 2. The Bertz CT molecular complexity index is 566. The van der Waals surface area contributed by atoms with E-state index in [0.717, 1.165) is 43.7 Å². The van der Waals surface area contributed by atoms with Crippen LogP contribution in [-0.2, 0) is 16.0 Å². The summed E-state index contributed by atoms with van der Waals surface area (Å²) in [5.41, 5.74) is 0.992. The first-order valence-corrected chi connectivity index (χ1v) is 8.37. The minimum absolute atomic E-state index is 0.135. The van der Waals surface area contributed by atoms with E-state index in [1.807, 2.05) is 34.1 Å². The van der Waals surface area contributed by atoms with E-state index >= 15 is 0 Å². The molecule has 3 rings (SSSR count). The van der Waals surface area contributed by atoms with E-state index < -0.39 is 0 Å². The third-order valence-electron chi connectivity index (χ3n) is 4.60. The lowest BCUT2D eigenvalue weighted by Gasteiger charge is -2.22. The second-order valence-electron chi connectivity index (χ2n) is 6.36. The van der Waals surface area contributed by atoms with Crippen LogP contribution in [-0.4, -0.2) is 54.9 Å². The standard InChI is InChI=1S/C18H24N2O3/c1-23-16-7-3-14(4-8-16)13-17(21)19-9-2-10-20(12-11-19)18(22)15-5-6-15/h3-4,7-8,15H,2,5-6,9-13H2,1H3. The molecule has 0 bridgehead atoms. The molecule has 1 aromatic rings. The summed E-state index contributed by atoms with van der Waals surface area (Å²) in [5, 5.41) is 0. The van der Waals surface area contributed by atoms with Gasteiger partial charge in [0.2, 0.25) is 11.8 Å². The third-order valence-corrected chi connectivity index (χ3v) is 4.60. The highest BCUT2D eigenvalue weighted by Crippen LogP contribution is 2.31.